The molecule has 1 fully saturated rings. The third-order valence-electron chi connectivity index (χ3n) is 3.92. The SMILES string of the molecule is CCC1CCCCN1S(=O)(=O)c1c(CNC)n[nH]c1C. The maximum Gasteiger partial charge on any atom is 0.247 e. The van der Waals surface area contributed by atoms with Gasteiger partial charge in [-0.05, 0) is 33.2 Å². The first kappa shape index (κ1) is 15.5. The van der Waals surface area contributed by atoms with Gasteiger partial charge in [0.15, 0.2) is 0 Å². The molecule has 1 aliphatic rings. The second-order valence-corrected chi connectivity index (χ2v) is 7.16. The third kappa shape index (κ3) is 2.75. The van der Waals surface area contributed by atoms with E-state index in [9.17, 15) is 8.42 Å². The van der Waals surface area contributed by atoms with E-state index in [0.29, 0.717) is 29.4 Å². The van der Waals surface area contributed by atoms with E-state index in [4.69, 9.17) is 0 Å². The molecule has 20 heavy (non-hydrogen) atoms. The van der Waals surface area contributed by atoms with Gasteiger partial charge in [-0.3, -0.25) is 5.10 Å². The largest absolute Gasteiger partial charge is 0.314 e. The maximum absolute atomic E-state index is 13.0. The summed E-state index contributed by atoms with van der Waals surface area (Å²) in [5, 5.41) is 9.90. The van der Waals surface area contributed by atoms with Crippen LogP contribution in [0.2, 0.25) is 0 Å². The highest BCUT2D eigenvalue weighted by molar-refractivity contribution is 7.89. The van der Waals surface area contributed by atoms with Crippen LogP contribution in [0.25, 0.3) is 0 Å². The number of nitrogens with zero attached hydrogens (tertiary/aromatic N) is 2. The molecule has 1 saturated heterocycles. The van der Waals surface area contributed by atoms with Gasteiger partial charge < -0.3 is 5.32 Å². The molecule has 0 radical (unpaired) electrons. The summed E-state index contributed by atoms with van der Waals surface area (Å²) in [5.41, 5.74) is 1.20. The number of sulfonamides is 1. The highest BCUT2D eigenvalue weighted by Crippen LogP contribution is 2.29. The summed E-state index contributed by atoms with van der Waals surface area (Å²) < 4.78 is 27.6. The molecule has 1 aromatic rings. The number of aromatic amines is 1. The van der Waals surface area contributed by atoms with Gasteiger partial charge in [0.2, 0.25) is 10.0 Å². The molecular weight excluding hydrogens is 276 g/mol. The summed E-state index contributed by atoms with van der Waals surface area (Å²) in [4.78, 5) is 0.354. The lowest BCUT2D eigenvalue weighted by atomic mass is 10.0. The Balaban J connectivity index is 2.41. The topological polar surface area (TPSA) is 78.1 Å². The van der Waals surface area contributed by atoms with Crippen molar-refractivity contribution in [1.29, 1.82) is 0 Å². The molecule has 0 bridgehead atoms. The molecule has 2 heterocycles. The van der Waals surface area contributed by atoms with E-state index in [1.807, 2.05) is 0 Å². The van der Waals surface area contributed by atoms with Crippen LogP contribution in [0.15, 0.2) is 4.90 Å². The smallest absolute Gasteiger partial charge is 0.247 e. The van der Waals surface area contributed by atoms with Crippen molar-refractivity contribution < 1.29 is 8.42 Å². The maximum atomic E-state index is 13.0. The van der Waals surface area contributed by atoms with Crippen LogP contribution >= 0.6 is 0 Å². The number of aryl methyl sites for hydroxylation is 1. The third-order valence-corrected chi connectivity index (χ3v) is 6.07. The summed E-state index contributed by atoms with van der Waals surface area (Å²) in [6.07, 6.45) is 3.86. The van der Waals surface area contributed by atoms with Gasteiger partial charge in [0, 0.05) is 19.1 Å². The van der Waals surface area contributed by atoms with Gasteiger partial charge in [-0.2, -0.15) is 9.40 Å². The molecule has 1 atom stereocenters. The average molecular weight is 300 g/mol. The molecular formula is C13H24N4O2S. The van der Waals surface area contributed by atoms with Crippen molar-refractivity contribution in [2.75, 3.05) is 13.6 Å². The molecule has 0 saturated carbocycles. The molecule has 1 aromatic heterocycles. The van der Waals surface area contributed by atoms with Crippen molar-refractivity contribution in [2.24, 2.45) is 0 Å². The zero-order valence-corrected chi connectivity index (χ0v) is 13.3. The molecule has 2 rings (SSSR count). The number of hydrogen-bond donors (Lipinski definition) is 2. The monoisotopic (exact) mass is 300 g/mol. The first-order valence-corrected chi connectivity index (χ1v) is 8.66. The fourth-order valence-electron chi connectivity index (χ4n) is 2.91. The van der Waals surface area contributed by atoms with Gasteiger partial charge in [-0.1, -0.05) is 13.3 Å². The van der Waals surface area contributed by atoms with E-state index in [0.717, 1.165) is 25.7 Å². The number of rotatable bonds is 5. The predicted molar refractivity (Wildman–Crippen MR) is 77.9 cm³/mol. The zero-order valence-electron chi connectivity index (χ0n) is 12.4. The van der Waals surface area contributed by atoms with E-state index in [-0.39, 0.29) is 6.04 Å². The van der Waals surface area contributed by atoms with Gasteiger partial charge in [-0.25, -0.2) is 8.42 Å². The Morgan fingerprint density at radius 2 is 2.20 bits per heavy atom. The van der Waals surface area contributed by atoms with Crippen LogP contribution in [-0.2, 0) is 16.6 Å². The molecule has 7 heteroatoms. The molecule has 0 aromatic carbocycles. The van der Waals surface area contributed by atoms with Gasteiger partial charge >= 0.3 is 0 Å². The first-order chi connectivity index (χ1) is 9.52. The minimum Gasteiger partial charge on any atom is -0.314 e. The Bertz CT molecular complexity index is 553. The molecule has 0 aliphatic carbocycles. The van der Waals surface area contributed by atoms with E-state index in [1.54, 1.807) is 18.3 Å². The average Bonchev–Trinajstić information content (AvgIpc) is 2.81. The van der Waals surface area contributed by atoms with Crippen LogP contribution < -0.4 is 5.32 Å². The standard InChI is InChI=1S/C13H24N4O2S/c1-4-11-7-5-6-8-17(11)20(18,19)13-10(2)15-16-12(13)9-14-3/h11,14H,4-9H2,1-3H3,(H,15,16). The number of nitrogens with one attached hydrogen (secondary N) is 2. The highest BCUT2D eigenvalue weighted by atomic mass is 32.2. The quantitative estimate of drug-likeness (QED) is 0.861. The number of H-pyrrole nitrogens is 1. The Morgan fingerprint density at radius 3 is 2.85 bits per heavy atom. The highest BCUT2D eigenvalue weighted by Gasteiger charge is 2.35. The lowest BCUT2D eigenvalue weighted by Crippen LogP contribution is -2.43. The van der Waals surface area contributed by atoms with Crippen LogP contribution in [0.3, 0.4) is 0 Å². The van der Waals surface area contributed by atoms with E-state index in [1.165, 1.54) is 0 Å². The predicted octanol–water partition coefficient (Wildman–Crippen LogP) is 1.39. The first-order valence-electron chi connectivity index (χ1n) is 7.22. The zero-order chi connectivity index (χ0) is 14.8. The van der Waals surface area contributed by atoms with E-state index < -0.39 is 10.0 Å². The molecule has 0 spiro atoms. The number of piperidine rings is 1. The summed E-state index contributed by atoms with van der Waals surface area (Å²) in [6, 6.07) is 0.116. The molecule has 0 amide bonds. The summed E-state index contributed by atoms with van der Waals surface area (Å²) >= 11 is 0. The second-order valence-electron chi connectivity index (χ2n) is 5.33. The van der Waals surface area contributed by atoms with Gasteiger partial charge in [0.05, 0.1) is 11.4 Å². The Hall–Kier alpha value is -0.920. The molecule has 2 N–H and O–H groups in total. The molecule has 6 nitrogen and oxygen atoms in total. The second kappa shape index (κ2) is 6.24. The van der Waals surface area contributed by atoms with Crippen molar-refractivity contribution in [3.8, 4) is 0 Å². The van der Waals surface area contributed by atoms with Crippen LogP contribution in [0.5, 0.6) is 0 Å². The Kier molecular flexibility index (Phi) is 4.82. The number of aromatic nitrogens is 2. The fraction of sp³-hybridized carbons (Fsp3) is 0.769. The van der Waals surface area contributed by atoms with Gasteiger partial charge in [0.25, 0.3) is 0 Å². The van der Waals surface area contributed by atoms with Gasteiger partial charge in [0.1, 0.15) is 4.90 Å². The van der Waals surface area contributed by atoms with Crippen LogP contribution in [-0.4, -0.2) is 42.6 Å². The Morgan fingerprint density at radius 1 is 1.45 bits per heavy atom. The van der Waals surface area contributed by atoms with Crippen LogP contribution in [0.1, 0.15) is 44.0 Å². The molecule has 114 valence electrons. The van der Waals surface area contributed by atoms with Crippen LogP contribution in [0.4, 0.5) is 0 Å². The molecule has 1 unspecified atom stereocenters. The van der Waals surface area contributed by atoms with Crippen molar-refractivity contribution >= 4 is 10.0 Å². The summed E-state index contributed by atoms with van der Waals surface area (Å²) in [6.45, 7) is 4.88. The fourth-order valence-corrected chi connectivity index (χ4v) is 5.01. The van der Waals surface area contributed by atoms with E-state index >= 15 is 0 Å². The van der Waals surface area contributed by atoms with Crippen molar-refractivity contribution in [3.63, 3.8) is 0 Å². The van der Waals surface area contributed by atoms with Crippen molar-refractivity contribution in [1.82, 2.24) is 19.8 Å². The van der Waals surface area contributed by atoms with Gasteiger partial charge in [-0.15, -0.1) is 0 Å². The normalized spacial score (nSPS) is 21.2. The van der Waals surface area contributed by atoms with Crippen LogP contribution in [0, 0.1) is 6.92 Å². The minimum atomic E-state index is -3.46. The molecule has 1 aliphatic heterocycles. The van der Waals surface area contributed by atoms with Crippen molar-refractivity contribution in [2.45, 2.75) is 57.0 Å². The minimum absolute atomic E-state index is 0.116. The lowest BCUT2D eigenvalue weighted by molar-refractivity contribution is 0.246. The van der Waals surface area contributed by atoms with E-state index in [2.05, 4.69) is 22.4 Å². The van der Waals surface area contributed by atoms with Crippen molar-refractivity contribution in [3.05, 3.63) is 11.4 Å². The number of hydrogen-bond acceptors (Lipinski definition) is 4. The summed E-state index contributed by atoms with van der Waals surface area (Å²) in [5.74, 6) is 0. The summed E-state index contributed by atoms with van der Waals surface area (Å²) in [7, 11) is -1.68. The Labute approximate surface area is 121 Å². The lowest BCUT2D eigenvalue weighted by Gasteiger charge is -2.34.